The normalized spacial score (nSPS) is 10.5. The van der Waals surface area contributed by atoms with E-state index in [2.05, 4.69) is 4.74 Å². The summed E-state index contributed by atoms with van der Waals surface area (Å²) in [6.45, 7) is 0. The van der Waals surface area contributed by atoms with Crippen molar-refractivity contribution in [3.63, 3.8) is 0 Å². The van der Waals surface area contributed by atoms with Crippen LogP contribution in [0.15, 0.2) is 54.6 Å². The Morgan fingerprint density at radius 2 is 1.64 bits per heavy atom. The average molecular weight is 296 g/mol. The molecule has 0 amide bonds. The molecule has 2 rings (SSSR count). The number of carbonyl (C=O) groups is 2. The molecule has 0 aliphatic carbocycles. The number of methoxy groups -OCH3 is 2. The largest absolute Gasteiger partial charge is 0.497 e. The zero-order valence-electron chi connectivity index (χ0n) is 12.4. The molecule has 0 bridgehead atoms. The molecule has 0 spiro atoms. The summed E-state index contributed by atoms with van der Waals surface area (Å²) in [5.74, 6) is 0.169. The standard InChI is InChI=1S/C18H16O4/c1-21-16-5-3-4-13(12-16)6-11-17(19)14-7-9-15(10-8-14)18(20)22-2/h3-12H,1-2H3/b11-6+. The third kappa shape index (κ3) is 3.82. The van der Waals surface area contributed by atoms with Crippen LogP contribution in [0.3, 0.4) is 0 Å². The minimum absolute atomic E-state index is 0.140. The van der Waals surface area contributed by atoms with Gasteiger partial charge < -0.3 is 9.47 Å². The Labute approximate surface area is 129 Å². The second-order valence-corrected chi connectivity index (χ2v) is 4.54. The Morgan fingerprint density at radius 1 is 0.955 bits per heavy atom. The van der Waals surface area contributed by atoms with Crippen LogP contribution in [-0.2, 0) is 4.74 Å². The van der Waals surface area contributed by atoms with Gasteiger partial charge in [-0.1, -0.05) is 30.3 Å². The highest BCUT2D eigenvalue weighted by Gasteiger charge is 2.07. The van der Waals surface area contributed by atoms with Gasteiger partial charge in [-0.15, -0.1) is 0 Å². The number of ether oxygens (including phenoxy) is 2. The first kappa shape index (κ1) is 15.5. The highest BCUT2D eigenvalue weighted by Crippen LogP contribution is 2.14. The topological polar surface area (TPSA) is 52.6 Å². The minimum Gasteiger partial charge on any atom is -0.497 e. The molecule has 2 aromatic rings. The third-order valence-electron chi connectivity index (χ3n) is 3.11. The quantitative estimate of drug-likeness (QED) is 0.482. The van der Waals surface area contributed by atoms with Crippen LogP contribution >= 0.6 is 0 Å². The predicted octanol–water partition coefficient (Wildman–Crippen LogP) is 3.38. The number of hydrogen-bond acceptors (Lipinski definition) is 4. The minimum atomic E-state index is -0.425. The molecule has 0 radical (unpaired) electrons. The van der Waals surface area contributed by atoms with Gasteiger partial charge in [0.25, 0.3) is 0 Å². The molecule has 0 saturated heterocycles. The monoisotopic (exact) mass is 296 g/mol. The number of carbonyl (C=O) groups excluding carboxylic acids is 2. The molecular formula is C18H16O4. The highest BCUT2D eigenvalue weighted by atomic mass is 16.5. The van der Waals surface area contributed by atoms with Crippen molar-refractivity contribution in [2.45, 2.75) is 0 Å². The lowest BCUT2D eigenvalue weighted by Gasteiger charge is -2.01. The average Bonchev–Trinajstić information content (AvgIpc) is 2.59. The van der Waals surface area contributed by atoms with Gasteiger partial charge in [-0.05, 0) is 35.9 Å². The summed E-state index contributed by atoms with van der Waals surface area (Å²) in [4.78, 5) is 23.4. The van der Waals surface area contributed by atoms with Crippen LogP contribution in [0.4, 0.5) is 0 Å². The molecule has 0 aliphatic heterocycles. The third-order valence-corrected chi connectivity index (χ3v) is 3.11. The van der Waals surface area contributed by atoms with Crippen molar-refractivity contribution in [3.8, 4) is 5.75 Å². The van der Waals surface area contributed by atoms with E-state index >= 15 is 0 Å². The number of rotatable bonds is 5. The molecule has 22 heavy (non-hydrogen) atoms. The number of allylic oxidation sites excluding steroid dienone is 1. The summed E-state index contributed by atoms with van der Waals surface area (Å²) >= 11 is 0. The smallest absolute Gasteiger partial charge is 0.337 e. The van der Waals surface area contributed by atoms with Crippen LogP contribution in [0, 0.1) is 0 Å². The Bertz CT molecular complexity index is 699. The van der Waals surface area contributed by atoms with Crippen molar-refractivity contribution in [3.05, 3.63) is 71.3 Å². The number of benzene rings is 2. The summed E-state index contributed by atoms with van der Waals surface area (Å²) in [6.07, 6.45) is 3.21. The van der Waals surface area contributed by atoms with Gasteiger partial charge in [0.15, 0.2) is 5.78 Å². The summed E-state index contributed by atoms with van der Waals surface area (Å²) in [6, 6.07) is 13.8. The fourth-order valence-electron chi connectivity index (χ4n) is 1.90. The van der Waals surface area contributed by atoms with Crippen LogP contribution in [0.5, 0.6) is 5.75 Å². The maximum absolute atomic E-state index is 12.1. The van der Waals surface area contributed by atoms with E-state index < -0.39 is 5.97 Å². The van der Waals surface area contributed by atoms with Gasteiger partial charge in [0.2, 0.25) is 0 Å². The zero-order valence-corrected chi connectivity index (χ0v) is 12.4. The van der Waals surface area contributed by atoms with Crippen LogP contribution in [0.25, 0.3) is 6.08 Å². The lowest BCUT2D eigenvalue weighted by molar-refractivity contribution is 0.0600. The summed E-state index contributed by atoms with van der Waals surface area (Å²) < 4.78 is 9.74. The van der Waals surface area contributed by atoms with E-state index in [0.29, 0.717) is 11.1 Å². The summed E-state index contributed by atoms with van der Waals surface area (Å²) in [7, 11) is 2.91. The SMILES string of the molecule is COC(=O)c1ccc(C(=O)/C=C/c2cccc(OC)c2)cc1. The fourth-order valence-corrected chi connectivity index (χ4v) is 1.90. The highest BCUT2D eigenvalue weighted by molar-refractivity contribution is 6.07. The first-order chi connectivity index (χ1) is 10.6. The van der Waals surface area contributed by atoms with E-state index in [-0.39, 0.29) is 5.78 Å². The Morgan fingerprint density at radius 3 is 2.27 bits per heavy atom. The maximum Gasteiger partial charge on any atom is 0.337 e. The molecule has 0 saturated carbocycles. The maximum atomic E-state index is 12.1. The first-order valence-corrected chi connectivity index (χ1v) is 6.69. The molecule has 0 N–H and O–H groups in total. The van der Waals surface area contributed by atoms with Gasteiger partial charge >= 0.3 is 5.97 Å². The molecule has 4 heteroatoms. The van der Waals surface area contributed by atoms with Crippen molar-refractivity contribution in [1.82, 2.24) is 0 Å². The molecular weight excluding hydrogens is 280 g/mol. The van der Waals surface area contributed by atoms with Crippen LogP contribution < -0.4 is 4.74 Å². The molecule has 4 nitrogen and oxygen atoms in total. The van der Waals surface area contributed by atoms with Gasteiger partial charge in [-0.25, -0.2) is 4.79 Å². The summed E-state index contributed by atoms with van der Waals surface area (Å²) in [5, 5.41) is 0. The van der Waals surface area contributed by atoms with Gasteiger partial charge in [-0.2, -0.15) is 0 Å². The van der Waals surface area contributed by atoms with Crippen LogP contribution in [0.2, 0.25) is 0 Å². The number of hydrogen-bond donors (Lipinski definition) is 0. The zero-order chi connectivity index (χ0) is 15.9. The predicted molar refractivity (Wildman–Crippen MR) is 84.1 cm³/mol. The van der Waals surface area contributed by atoms with Gasteiger partial charge in [0, 0.05) is 5.56 Å². The van der Waals surface area contributed by atoms with Crippen molar-refractivity contribution in [2.75, 3.05) is 14.2 Å². The molecule has 112 valence electrons. The summed E-state index contributed by atoms with van der Waals surface area (Å²) in [5.41, 5.74) is 1.79. The number of esters is 1. The van der Waals surface area contributed by atoms with E-state index in [9.17, 15) is 9.59 Å². The molecule has 0 unspecified atom stereocenters. The van der Waals surface area contributed by atoms with Gasteiger partial charge in [0.05, 0.1) is 19.8 Å². The molecule has 0 atom stereocenters. The first-order valence-electron chi connectivity index (χ1n) is 6.69. The van der Waals surface area contributed by atoms with E-state index in [1.54, 1.807) is 37.5 Å². The fraction of sp³-hybridized carbons (Fsp3) is 0.111. The van der Waals surface area contributed by atoms with Gasteiger partial charge in [-0.3, -0.25) is 4.79 Å². The Hall–Kier alpha value is -2.88. The lowest BCUT2D eigenvalue weighted by Crippen LogP contribution is -2.02. The lowest BCUT2D eigenvalue weighted by atomic mass is 10.1. The van der Waals surface area contributed by atoms with Crippen LogP contribution in [-0.4, -0.2) is 26.0 Å². The Kier molecular flexibility index (Phi) is 5.09. The molecule has 0 heterocycles. The van der Waals surface area contributed by atoms with Gasteiger partial charge in [0.1, 0.15) is 5.75 Å². The second kappa shape index (κ2) is 7.22. The van der Waals surface area contributed by atoms with E-state index in [0.717, 1.165) is 11.3 Å². The van der Waals surface area contributed by atoms with E-state index in [1.165, 1.54) is 13.2 Å². The molecule has 2 aromatic carbocycles. The number of ketones is 1. The molecule has 0 aromatic heterocycles. The van der Waals surface area contributed by atoms with E-state index in [1.807, 2.05) is 24.3 Å². The van der Waals surface area contributed by atoms with Crippen molar-refractivity contribution < 1.29 is 19.1 Å². The van der Waals surface area contributed by atoms with Crippen molar-refractivity contribution in [1.29, 1.82) is 0 Å². The van der Waals surface area contributed by atoms with Crippen molar-refractivity contribution >= 4 is 17.8 Å². The molecule has 0 aliphatic rings. The van der Waals surface area contributed by atoms with E-state index in [4.69, 9.17) is 4.74 Å². The van der Waals surface area contributed by atoms with Crippen molar-refractivity contribution in [2.24, 2.45) is 0 Å². The Balaban J connectivity index is 2.11. The molecule has 0 fully saturated rings. The second-order valence-electron chi connectivity index (χ2n) is 4.54. The van der Waals surface area contributed by atoms with Crippen LogP contribution in [0.1, 0.15) is 26.3 Å².